The highest BCUT2D eigenvalue weighted by Gasteiger charge is 2.10. The molecule has 0 N–H and O–H groups in total. The van der Waals surface area contributed by atoms with Crippen molar-refractivity contribution >= 4 is 0 Å². The maximum Gasteiger partial charge on any atom is 0.137 e. The van der Waals surface area contributed by atoms with E-state index in [0.717, 1.165) is 36.2 Å². The van der Waals surface area contributed by atoms with Crippen LogP contribution in [-0.4, -0.2) is 38.8 Å². The van der Waals surface area contributed by atoms with Gasteiger partial charge in [0.05, 0.1) is 21.1 Å². The van der Waals surface area contributed by atoms with E-state index in [-0.39, 0.29) is 24.0 Å². The molecule has 0 atom stereocenters. The average molecular weight is 363 g/mol. The molecule has 1 aromatic carbocycles. The molecule has 0 saturated heterocycles. The fraction of sp³-hybridized carbons (Fsp3) is 0.600. The molecule has 0 bridgehead atoms. The van der Waals surface area contributed by atoms with Gasteiger partial charge in [0.1, 0.15) is 18.9 Å². The standard InChI is InChI=1S/C15H26NO.HI/c1-6-13-9-8-10-14(7-2)15(13)17-12-11-16(3,4)5;/h8-10H,6-7,11-12H2,1-5H3;1H/q+1;/p-1. The van der Waals surface area contributed by atoms with Gasteiger partial charge in [-0.3, -0.25) is 0 Å². The van der Waals surface area contributed by atoms with Crippen LogP contribution in [0.1, 0.15) is 25.0 Å². The first-order valence-corrected chi connectivity index (χ1v) is 6.52. The number of aryl methyl sites for hydroxylation is 2. The Labute approximate surface area is 129 Å². The topological polar surface area (TPSA) is 9.23 Å². The number of hydrogen-bond acceptors (Lipinski definition) is 1. The second-order valence-electron chi connectivity index (χ2n) is 5.47. The van der Waals surface area contributed by atoms with Crippen LogP contribution >= 0.6 is 0 Å². The zero-order chi connectivity index (χ0) is 12.9. The summed E-state index contributed by atoms with van der Waals surface area (Å²) in [4.78, 5) is 0. The molecule has 3 heteroatoms. The minimum atomic E-state index is 0. The number of likely N-dealkylation sites (N-methyl/N-ethyl adjacent to an activating group) is 1. The van der Waals surface area contributed by atoms with Crippen molar-refractivity contribution in [3.63, 3.8) is 0 Å². The van der Waals surface area contributed by atoms with E-state index in [4.69, 9.17) is 4.74 Å². The first-order valence-electron chi connectivity index (χ1n) is 6.52. The highest BCUT2D eigenvalue weighted by Crippen LogP contribution is 2.25. The zero-order valence-corrected chi connectivity index (χ0v) is 14.5. The Morgan fingerprint density at radius 3 is 1.89 bits per heavy atom. The van der Waals surface area contributed by atoms with Crippen molar-refractivity contribution in [2.45, 2.75) is 26.7 Å². The van der Waals surface area contributed by atoms with E-state index in [2.05, 4.69) is 53.2 Å². The minimum Gasteiger partial charge on any atom is -1.00 e. The molecule has 2 nitrogen and oxygen atoms in total. The maximum absolute atomic E-state index is 6.01. The van der Waals surface area contributed by atoms with Crippen LogP contribution in [-0.2, 0) is 12.8 Å². The largest absolute Gasteiger partial charge is 1.00 e. The summed E-state index contributed by atoms with van der Waals surface area (Å²) in [6.07, 6.45) is 2.07. The van der Waals surface area contributed by atoms with Crippen LogP contribution in [0.4, 0.5) is 0 Å². The van der Waals surface area contributed by atoms with E-state index < -0.39 is 0 Å². The Bertz CT molecular complexity index is 336. The minimum absolute atomic E-state index is 0. The third kappa shape index (κ3) is 5.57. The lowest BCUT2D eigenvalue weighted by Gasteiger charge is -2.24. The van der Waals surface area contributed by atoms with Crippen LogP contribution in [0.15, 0.2) is 18.2 Å². The number of nitrogens with zero attached hydrogens (tertiary/aromatic N) is 1. The summed E-state index contributed by atoms with van der Waals surface area (Å²) in [7, 11) is 6.57. The van der Waals surface area contributed by atoms with E-state index in [1.807, 2.05) is 0 Å². The summed E-state index contributed by atoms with van der Waals surface area (Å²) in [5.74, 6) is 1.12. The monoisotopic (exact) mass is 363 g/mol. The summed E-state index contributed by atoms with van der Waals surface area (Å²) < 4.78 is 6.95. The molecule has 0 amide bonds. The van der Waals surface area contributed by atoms with Crippen molar-refractivity contribution in [1.29, 1.82) is 0 Å². The van der Waals surface area contributed by atoms with Gasteiger partial charge in [0.15, 0.2) is 0 Å². The lowest BCUT2D eigenvalue weighted by atomic mass is 10.1. The van der Waals surface area contributed by atoms with Gasteiger partial charge in [0.2, 0.25) is 0 Å². The molecule has 1 aromatic rings. The number of rotatable bonds is 6. The number of quaternary nitrogens is 1. The predicted octanol–water partition coefficient (Wildman–Crippen LogP) is -0.0996. The number of hydrogen-bond donors (Lipinski definition) is 0. The fourth-order valence-electron chi connectivity index (χ4n) is 1.80. The summed E-state index contributed by atoms with van der Waals surface area (Å²) >= 11 is 0. The number of para-hydroxylation sites is 1. The first kappa shape index (κ1) is 17.7. The predicted molar refractivity (Wildman–Crippen MR) is 73.6 cm³/mol. The Kier molecular flexibility index (Phi) is 7.87. The van der Waals surface area contributed by atoms with Crippen LogP contribution in [0.3, 0.4) is 0 Å². The number of ether oxygens (including phenoxy) is 1. The third-order valence-electron chi connectivity index (χ3n) is 2.95. The lowest BCUT2D eigenvalue weighted by Crippen LogP contribution is -3.00. The molecule has 0 saturated carbocycles. The quantitative estimate of drug-likeness (QED) is 0.507. The normalized spacial score (nSPS) is 10.9. The van der Waals surface area contributed by atoms with Crippen molar-refractivity contribution in [2.24, 2.45) is 0 Å². The molecule has 0 aliphatic carbocycles. The maximum atomic E-state index is 6.01. The Hall–Kier alpha value is -0.290. The summed E-state index contributed by atoms with van der Waals surface area (Å²) in [6.45, 7) is 6.18. The van der Waals surface area contributed by atoms with Gasteiger partial charge in [0.25, 0.3) is 0 Å². The molecule has 1 rings (SSSR count). The number of halogens is 1. The third-order valence-corrected chi connectivity index (χ3v) is 2.95. The highest BCUT2D eigenvalue weighted by molar-refractivity contribution is 5.41. The zero-order valence-electron chi connectivity index (χ0n) is 12.3. The van der Waals surface area contributed by atoms with Gasteiger partial charge in [-0.1, -0.05) is 32.0 Å². The SMILES string of the molecule is CCc1cccc(CC)c1OCC[N+](C)(C)C.[I-]. The van der Waals surface area contributed by atoms with Gasteiger partial charge in [-0.05, 0) is 24.0 Å². The Balaban J connectivity index is 0.00000289. The summed E-state index contributed by atoms with van der Waals surface area (Å²) in [5.41, 5.74) is 2.65. The van der Waals surface area contributed by atoms with Gasteiger partial charge in [-0.2, -0.15) is 0 Å². The molecule has 0 spiro atoms. The van der Waals surface area contributed by atoms with Gasteiger partial charge >= 0.3 is 0 Å². The van der Waals surface area contributed by atoms with E-state index in [9.17, 15) is 0 Å². The van der Waals surface area contributed by atoms with Crippen LogP contribution < -0.4 is 28.7 Å². The molecule has 0 aromatic heterocycles. The van der Waals surface area contributed by atoms with Gasteiger partial charge in [-0.25, -0.2) is 0 Å². The average Bonchev–Trinajstić information content (AvgIpc) is 2.27. The fourth-order valence-corrected chi connectivity index (χ4v) is 1.80. The van der Waals surface area contributed by atoms with Crippen LogP contribution in [0.5, 0.6) is 5.75 Å². The van der Waals surface area contributed by atoms with Crippen LogP contribution in [0.25, 0.3) is 0 Å². The van der Waals surface area contributed by atoms with Crippen molar-refractivity contribution in [1.82, 2.24) is 0 Å². The van der Waals surface area contributed by atoms with Crippen molar-refractivity contribution in [3.8, 4) is 5.75 Å². The van der Waals surface area contributed by atoms with Crippen LogP contribution in [0.2, 0.25) is 0 Å². The molecule has 0 aliphatic heterocycles. The summed E-state index contributed by atoms with van der Waals surface area (Å²) in [6, 6.07) is 6.46. The number of benzene rings is 1. The van der Waals surface area contributed by atoms with Gasteiger partial charge in [-0.15, -0.1) is 0 Å². The molecule has 0 fully saturated rings. The van der Waals surface area contributed by atoms with Crippen molar-refractivity contribution < 1.29 is 33.2 Å². The van der Waals surface area contributed by atoms with Crippen LogP contribution in [0, 0.1) is 0 Å². The Morgan fingerprint density at radius 2 is 1.50 bits per heavy atom. The van der Waals surface area contributed by atoms with E-state index in [1.54, 1.807) is 0 Å². The molecular weight excluding hydrogens is 337 g/mol. The summed E-state index contributed by atoms with van der Waals surface area (Å²) in [5, 5.41) is 0. The van der Waals surface area contributed by atoms with E-state index >= 15 is 0 Å². The van der Waals surface area contributed by atoms with E-state index in [1.165, 1.54) is 11.1 Å². The van der Waals surface area contributed by atoms with Crippen molar-refractivity contribution in [3.05, 3.63) is 29.3 Å². The molecule has 104 valence electrons. The second-order valence-corrected chi connectivity index (χ2v) is 5.47. The second kappa shape index (κ2) is 8.00. The van der Waals surface area contributed by atoms with Crippen molar-refractivity contribution in [2.75, 3.05) is 34.3 Å². The molecular formula is C15H26INO. The van der Waals surface area contributed by atoms with Gasteiger partial charge < -0.3 is 33.2 Å². The molecule has 18 heavy (non-hydrogen) atoms. The first-order chi connectivity index (χ1) is 7.98. The van der Waals surface area contributed by atoms with E-state index in [0.29, 0.717) is 0 Å². The molecule has 0 unspecified atom stereocenters. The molecule has 0 radical (unpaired) electrons. The highest BCUT2D eigenvalue weighted by atomic mass is 127. The molecule has 0 heterocycles. The smallest absolute Gasteiger partial charge is 0.137 e. The lowest BCUT2D eigenvalue weighted by molar-refractivity contribution is -0.870. The Morgan fingerprint density at radius 1 is 1.00 bits per heavy atom. The molecule has 0 aliphatic rings. The van der Waals surface area contributed by atoms with Gasteiger partial charge in [0, 0.05) is 0 Å².